The quantitative estimate of drug-likeness (QED) is 0.342. The fourth-order valence-corrected chi connectivity index (χ4v) is 2.68. The summed E-state index contributed by atoms with van der Waals surface area (Å²) < 4.78 is 25.8. The second-order valence-corrected chi connectivity index (χ2v) is 5.54. The minimum absolute atomic E-state index is 0.202. The number of aliphatic hydroxyl groups excluding tert-OH is 5. The molecule has 0 bridgehead atoms. The monoisotopic (exact) mass is 340 g/mol. The van der Waals surface area contributed by atoms with Gasteiger partial charge in [0.1, 0.15) is 42.7 Å². The molecule has 2 rings (SSSR count). The minimum Gasteiger partial charge on any atom is -0.388 e. The summed E-state index contributed by atoms with van der Waals surface area (Å²) in [7, 11) is 2.72. The Hall–Kier alpha value is -0.400. The van der Waals surface area contributed by atoms with Crippen LogP contribution < -0.4 is 0 Å². The molecule has 2 saturated heterocycles. The van der Waals surface area contributed by atoms with Crippen molar-refractivity contribution in [1.82, 2.24) is 0 Å². The van der Waals surface area contributed by atoms with E-state index in [4.69, 9.17) is 23.7 Å². The third kappa shape index (κ3) is 3.99. The Morgan fingerprint density at radius 1 is 0.913 bits per heavy atom. The molecule has 0 aliphatic carbocycles. The van der Waals surface area contributed by atoms with E-state index in [1.165, 1.54) is 14.2 Å². The summed E-state index contributed by atoms with van der Waals surface area (Å²) in [6.07, 6.45) is -10.4. The van der Waals surface area contributed by atoms with Crippen LogP contribution in [-0.2, 0) is 23.7 Å². The summed E-state index contributed by atoms with van der Waals surface area (Å²) in [4.78, 5) is 0. The Balaban J connectivity index is 1.92. The van der Waals surface area contributed by atoms with Crippen LogP contribution in [0.15, 0.2) is 0 Å². The number of ether oxygens (including phenoxy) is 5. The molecule has 0 aromatic rings. The van der Waals surface area contributed by atoms with Crippen LogP contribution in [0.4, 0.5) is 0 Å². The van der Waals surface area contributed by atoms with Gasteiger partial charge in [-0.05, 0) is 0 Å². The highest BCUT2D eigenvalue weighted by Crippen LogP contribution is 2.25. The standard InChI is InChI=1S/C13H24O10/c1-19-10-8(16)6(23-12(18)11(10)20-2)4-22-13-9(17)7(15)5(14)3-21-13/h5-18H,3-4H2,1-2H3/t5-,6-,7+,8+,9-,10+,11-,12?,13+/m1/s1. The first-order chi connectivity index (χ1) is 10.9. The largest absolute Gasteiger partial charge is 0.388 e. The highest BCUT2D eigenvalue weighted by atomic mass is 16.7. The SMILES string of the molecule is CO[C@H]1[C@@H](O)[C@@H](CO[C@@H]2OC[C@@H](O)[C@H](O)[C@H]2O)OC(O)[C@@H]1OC. The molecule has 5 N–H and O–H groups in total. The van der Waals surface area contributed by atoms with E-state index in [0.29, 0.717) is 0 Å². The lowest BCUT2D eigenvalue weighted by molar-refractivity contribution is -0.317. The Bertz CT molecular complexity index is 369. The van der Waals surface area contributed by atoms with Gasteiger partial charge in [0.2, 0.25) is 0 Å². The van der Waals surface area contributed by atoms with Gasteiger partial charge >= 0.3 is 0 Å². The van der Waals surface area contributed by atoms with E-state index in [2.05, 4.69) is 0 Å². The van der Waals surface area contributed by atoms with Gasteiger partial charge in [0.05, 0.1) is 13.2 Å². The van der Waals surface area contributed by atoms with Crippen LogP contribution in [0.5, 0.6) is 0 Å². The predicted molar refractivity (Wildman–Crippen MR) is 72.2 cm³/mol. The van der Waals surface area contributed by atoms with E-state index >= 15 is 0 Å². The summed E-state index contributed by atoms with van der Waals surface area (Å²) in [5, 5.41) is 48.8. The van der Waals surface area contributed by atoms with Gasteiger partial charge in [-0.1, -0.05) is 0 Å². The number of methoxy groups -OCH3 is 2. The molecule has 0 aromatic heterocycles. The lowest BCUT2D eigenvalue weighted by atomic mass is 9.99. The lowest BCUT2D eigenvalue weighted by Crippen LogP contribution is -2.60. The van der Waals surface area contributed by atoms with Crippen molar-refractivity contribution in [3.63, 3.8) is 0 Å². The molecule has 10 heteroatoms. The molecular weight excluding hydrogens is 316 g/mol. The Labute approximate surface area is 133 Å². The van der Waals surface area contributed by atoms with Crippen LogP contribution >= 0.6 is 0 Å². The third-order valence-electron chi connectivity index (χ3n) is 4.06. The van der Waals surface area contributed by atoms with Crippen molar-refractivity contribution >= 4 is 0 Å². The Morgan fingerprint density at radius 2 is 1.57 bits per heavy atom. The Morgan fingerprint density at radius 3 is 2.17 bits per heavy atom. The first-order valence-electron chi connectivity index (χ1n) is 7.25. The molecule has 2 aliphatic rings. The molecule has 2 heterocycles. The smallest absolute Gasteiger partial charge is 0.186 e. The summed E-state index contributed by atoms with van der Waals surface area (Å²) >= 11 is 0. The molecule has 0 amide bonds. The molecule has 9 atom stereocenters. The van der Waals surface area contributed by atoms with Crippen LogP contribution in [0.1, 0.15) is 0 Å². The summed E-state index contributed by atoms with van der Waals surface area (Å²) in [5.74, 6) is 0. The van der Waals surface area contributed by atoms with Gasteiger partial charge in [0.25, 0.3) is 0 Å². The number of rotatable bonds is 5. The maximum Gasteiger partial charge on any atom is 0.186 e. The summed E-state index contributed by atoms with van der Waals surface area (Å²) in [6.45, 7) is -0.439. The van der Waals surface area contributed by atoms with Crippen LogP contribution in [0, 0.1) is 0 Å². The maximum absolute atomic E-state index is 10.2. The van der Waals surface area contributed by atoms with Crippen LogP contribution in [0.25, 0.3) is 0 Å². The van der Waals surface area contributed by atoms with E-state index in [9.17, 15) is 25.5 Å². The molecule has 136 valence electrons. The molecule has 10 nitrogen and oxygen atoms in total. The zero-order valence-electron chi connectivity index (χ0n) is 12.9. The topological polar surface area (TPSA) is 147 Å². The highest BCUT2D eigenvalue weighted by molar-refractivity contribution is 4.91. The lowest BCUT2D eigenvalue weighted by Gasteiger charge is -2.42. The van der Waals surface area contributed by atoms with Gasteiger partial charge in [0.15, 0.2) is 12.6 Å². The zero-order valence-corrected chi connectivity index (χ0v) is 12.9. The Kier molecular flexibility index (Phi) is 6.68. The van der Waals surface area contributed by atoms with Gasteiger partial charge in [0, 0.05) is 14.2 Å². The first-order valence-corrected chi connectivity index (χ1v) is 7.25. The summed E-state index contributed by atoms with van der Waals surface area (Å²) in [5.41, 5.74) is 0. The van der Waals surface area contributed by atoms with Crippen LogP contribution in [0.3, 0.4) is 0 Å². The van der Waals surface area contributed by atoms with Crippen molar-refractivity contribution < 1.29 is 49.2 Å². The van der Waals surface area contributed by atoms with Crippen molar-refractivity contribution in [3.8, 4) is 0 Å². The molecular formula is C13H24O10. The zero-order chi connectivity index (χ0) is 17.1. The van der Waals surface area contributed by atoms with E-state index in [1.807, 2.05) is 0 Å². The van der Waals surface area contributed by atoms with Gasteiger partial charge in [-0.25, -0.2) is 0 Å². The summed E-state index contributed by atoms with van der Waals surface area (Å²) in [6, 6.07) is 0. The van der Waals surface area contributed by atoms with Crippen molar-refractivity contribution in [2.45, 2.75) is 55.3 Å². The first kappa shape index (κ1) is 18.9. The van der Waals surface area contributed by atoms with E-state index < -0.39 is 55.3 Å². The molecule has 0 saturated carbocycles. The fourth-order valence-electron chi connectivity index (χ4n) is 2.68. The van der Waals surface area contributed by atoms with E-state index in [0.717, 1.165) is 0 Å². The average Bonchev–Trinajstić information content (AvgIpc) is 2.54. The molecule has 2 aliphatic heterocycles. The molecule has 0 aromatic carbocycles. The van der Waals surface area contributed by atoms with Crippen LogP contribution in [-0.4, -0.2) is 108 Å². The predicted octanol–water partition coefficient (Wildman–Crippen LogP) is -3.45. The van der Waals surface area contributed by atoms with Crippen molar-refractivity contribution in [2.75, 3.05) is 27.4 Å². The van der Waals surface area contributed by atoms with Gasteiger partial charge in [-0.15, -0.1) is 0 Å². The minimum atomic E-state index is -1.45. The van der Waals surface area contributed by atoms with Gasteiger partial charge in [-0.2, -0.15) is 0 Å². The molecule has 0 radical (unpaired) electrons. The third-order valence-corrected chi connectivity index (χ3v) is 4.06. The molecule has 23 heavy (non-hydrogen) atoms. The highest BCUT2D eigenvalue weighted by Gasteiger charge is 2.46. The van der Waals surface area contributed by atoms with E-state index in [1.54, 1.807) is 0 Å². The van der Waals surface area contributed by atoms with Gasteiger partial charge < -0.3 is 49.2 Å². The molecule has 0 spiro atoms. The number of aliphatic hydroxyl groups is 5. The normalized spacial score (nSPS) is 48.4. The van der Waals surface area contributed by atoms with Crippen molar-refractivity contribution in [2.24, 2.45) is 0 Å². The van der Waals surface area contributed by atoms with E-state index in [-0.39, 0.29) is 13.2 Å². The maximum atomic E-state index is 10.2. The second kappa shape index (κ2) is 8.12. The number of hydrogen-bond acceptors (Lipinski definition) is 10. The second-order valence-electron chi connectivity index (χ2n) is 5.54. The molecule has 2 fully saturated rings. The van der Waals surface area contributed by atoms with Gasteiger partial charge in [-0.3, -0.25) is 0 Å². The number of hydrogen-bond donors (Lipinski definition) is 5. The van der Waals surface area contributed by atoms with Crippen molar-refractivity contribution in [1.29, 1.82) is 0 Å². The van der Waals surface area contributed by atoms with Crippen LogP contribution in [0.2, 0.25) is 0 Å². The average molecular weight is 340 g/mol. The fraction of sp³-hybridized carbons (Fsp3) is 1.00. The molecule has 1 unspecified atom stereocenters. The van der Waals surface area contributed by atoms with Crippen molar-refractivity contribution in [3.05, 3.63) is 0 Å².